The molecule has 0 fully saturated rings. The van der Waals surface area contributed by atoms with Crippen molar-refractivity contribution in [3.8, 4) is 0 Å². The maximum absolute atomic E-state index is 12.4. The van der Waals surface area contributed by atoms with Gasteiger partial charge < -0.3 is 19.2 Å². The second-order valence-electron chi connectivity index (χ2n) is 4.99. The molecule has 21 heavy (non-hydrogen) atoms. The minimum atomic E-state index is -0.733. The SMILES string of the molecule is COCC(O)CN(C)C(=O)c1oc2ccc(Cl)cc2c1C. The number of hydrogen-bond donors (Lipinski definition) is 1. The molecule has 1 heterocycles. The van der Waals surface area contributed by atoms with E-state index in [2.05, 4.69) is 0 Å². The number of carbonyl (C=O) groups excluding carboxylic acids is 1. The van der Waals surface area contributed by atoms with Crippen LogP contribution in [0.2, 0.25) is 5.02 Å². The van der Waals surface area contributed by atoms with E-state index in [0.717, 1.165) is 10.9 Å². The molecule has 0 saturated carbocycles. The minimum absolute atomic E-state index is 0.171. The number of likely N-dealkylation sites (N-methyl/N-ethyl adjacent to an activating group) is 1. The Bertz CT molecular complexity index is 652. The van der Waals surface area contributed by atoms with Crippen molar-refractivity contribution in [3.63, 3.8) is 0 Å². The van der Waals surface area contributed by atoms with Crippen molar-refractivity contribution in [2.75, 3.05) is 27.3 Å². The Morgan fingerprint density at radius 2 is 2.24 bits per heavy atom. The second-order valence-corrected chi connectivity index (χ2v) is 5.43. The molecular formula is C15H18ClNO4. The maximum Gasteiger partial charge on any atom is 0.289 e. The molecule has 1 N–H and O–H groups in total. The van der Waals surface area contributed by atoms with Gasteiger partial charge in [-0.1, -0.05) is 11.6 Å². The molecule has 0 aliphatic carbocycles. The molecular weight excluding hydrogens is 294 g/mol. The van der Waals surface area contributed by atoms with Crippen LogP contribution in [-0.2, 0) is 4.74 Å². The number of ether oxygens (including phenoxy) is 1. The van der Waals surface area contributed by atoms with Crippen molar-refractivity contribution in [1.82, 2.24) is 4.90 Å². The Balaban J connectivity index is 2.25. The normalized spacial score (nSPS) is 12.6. The summed E-state index contributed by atoms with van der Waals surface area (Å²) >= 11 is 5.96. The number of amides is 1. The zero-order chi connectivity index (χ0) is 15.6. The highest BCUT2D eigenvalue weighted by atomic mass is 35.5. The molecule has 1 amide bonds. The van der Waals surface area contributed by atoms with Gasteiger partial charge in [-0.3, -0.25) is 4.79 Å². The lowest BCUT2D eigenvalue weighted by Crippen LogP contribution is -2.36. The Morgan fingerprint density at radius 1 is 1.52 bits per heavy atom. The molecule has 1 atom stereocenters. The lowest BCUT2D eigenvalue weighted by molar-refractivity contribution is 0.0368. The molecule has 1 aromatic carbocycles. The van der Waals surface area contributed by atoms with Crippen LogP contribution in [0, 0.1) is 6.92 Å². The fourth-order valence-corrected chi connectivity index (χ4v) is 2.39. The first-order valence-corrected chi connectivity index (χ1v) is 6.93. The molecule has 0 spiro atoms. The van der Waals surface area contributed by atoms with E-state index >= 15 is 0 Å². The number of rotatable bonds is 5. The smallest absolute Gasteiger partial charge is 0.289 e. The summed E-state index contributed by atoms with van der Waals surface area (Å²) in [4.78, 5) is 13.8. The molecule has 0 saturated heterocycles. The van der Waals surface area contributed by atoms with E-state index in [4.69, 9.17) is 20.8 Å². The van der Waals surface area contributed by atoms with Gasteiger partial charge in [-0.2, -0.15) is 0 Å². The fourth-order valence-electron chi connectivity index (χ4n) is 2.21. The molecule has 0 aliphatic heterocycles. The zero-order valence-electron chi connectivity index (χ0n) is 12.2. The van der Waals surface area contributed by atoms with Crippen LogP contribution in [0.5, 0.6) is 0 Å². The minimum Gasteiger partial charge on any atom is -0.451 e. The van der Waals surface area contributed by atoms with Crippen molar-refractivity contribution in [2.45, 2.75) is 13.0 Å². The van der Waals surface area contributed by atoms with Crippen LogP contribution in [0.4, 0.5) is 0 Å². The highest BCUT2D eigenvalue weighted by Gasteiger charge is 2.22. The monoisotopic (exact) mass is 311 g/mol. The molecule has 6 heteroatoms. The third-order valence-electron chi connectivity index (χ3n) is 3.28. The number of halogens is 1. The van der Waals surface area contributed by atoms with Gasteiger partial charge in [-0.25, -0.2) is 0 Å². The van der Waals surface area contributed by atoms with Gasteiger partial charge in [0.1, 0.15) is 5.58 Å². The summed E-state index contributed by atoms with van der Waals surface area (Å²) in [7, 11) is 3.11. The number of fused-ring (bicyclic) bond motifs is 1. The van der Waals surface area contributed by atoms with Gasteiger partial charge in [0.2, 0.25) is 0 Å². The first kappa shape index (κ1) is 15.8. The van der Waals surface area contributed by atoms with Crippen LogP contribution in [0.3, 0.4) is 0 Å². The Morgan fingerprint density at radius 3 is 2.90 bits per heavy atom. The maximum atomic E-state index is 12.4. The van der Waals surface area contributed by atoms with Crippen molar-refractivity contribution in [2.24, 2.45) is 0 Å². The quantitative estimate of drug-likeness (QED) is 0.921. The van der Waals surface area contributed by atoms with Crippen LogP contribution in [-0.4, -0.2) is 49.3 Å². The molecule has 0 radical (unpaired) electrons. The molecule has 5 nitrogen and oxygen atoms in total. The topological polar surface area (TPSA) is 62.9 Å². The second kappa shape index (κ2) is 6.47. The van der Waals surface area contributed by atoms with E-state index in [-0.39, 0.29) is 24.8 Å². The summed E-state index contributed by atoms with van der Waals surface area (Å²) < 4.78 is 10.5. The average Bonchev–Trinajstić information content (AvgIpc) is 2.75. The Hall–Kier alpha value is -1.56. The molecule has 0 aliphatic rings. The summed E-state index contributed by atoms with van der Waals surface area (Å²) in [6, 6.07) is 5.22. The highest BCUT2D eigenvalue weighted by Crippen LogP contribution is 2.28. The number of carbonyl (C=O) groups is 1. The lowest BCUT2D eigenvalue weighted by atomic mass is 10.1. The standard InChI is InChI=1S/C15H18ClNO4/c1-9-12-6-10(16)4-5-13(12)21-14(9)15(19)17(2)7-11(18)8-20-3/h4-6,11,18H,7-8H2,1-3H3. The number of aryl methyl sites for hydroxylation is 1. The fraction of sp³-hybridized carbons (Fsp3) is 0.400. The number of benzene rings is 1. The van der Waals surface area contributed by atoms with Gasteiger partial charge >= 0.3 is 0 Å². The van der Waals surface area contributed by atoms with Gasteiger partial charge in [0.05, 0.1) is 12.7 Å². The Kier molecular flexibility index (Phi) is 4.88. The predicted molar refractivity (Wildman–Crippen MR) is 80.8 cm³/mol. The third kappa shape index (κ3) is 3.37. The largest absolute Gasteiger partial charge is 0.451 e. The first-order valence-electron chi connectivity index (χ1n) is 6.55. The number of methoxy groups -OCH3 is 1. The summed E-state index contributed by atoms with van der Waals surface area (Å²) in [5.74, 6) is -0.0191. The van der Waals surface area contributed by atoms with E-state index in [1.807, 2.05) is 6.92 Å². The van der Waals surface area contributed by atoms with Crippen LogP contribution in [0.25, 0.3) is 11.0 Å². The van der Waals surface area contributed by atoms with Gasteiger partial charge in [0.25, 0.3) is 5.91 Å². The van der Waals surface area contributed by atoms with E-state index in [9.17, 15) is 9.90 Å². The molecule has 1 unspecified atom stereocenters. The molecule has 114 valence electrons. The lowest BCUT2D eigenvalue weighted by Gasteiger charge is -2.19. The van der Waals surface area contributed by atoms with Crippen LogP contribution >= 0.6 is 11.6 Å². The number of aliphatic hydroxyl groups excluding tert-OH is 1. The van der Waals surface area contributed by atoms with Crippen molar-refractivity contribution in [1.29, 1.82) is 0 Å². The van der Waals surface area contributed by atoms with Gasteiger partial charge in [-0.05, 0) is 25.1 Å². The number of furan rings is 1. The Labute approximate surface area is 128 Å². The molecule has 2 rings (SSSR count). The summed E-state index contributed by atoms with van der Waals surface area (Å²) in [5, 5.41) is 11.1. The summed E-state index contributed by atoms with van der Waals surface area (Å²) in [6.45, 7) is 2.16. The number of nitrogens with zero attached hydrogens (tertiary/aromatic N) is 1. The van der Waals surface area contributed by atoms with Crippen molar-refractivity contribution < 1.29 is 19.1 Å². The van der Waals surface area contributed by atoms with Gasteiger partial charge in [0, 0.05) is 36.7 Å². The van der Waals surface area contributed by atoms with Crippen molar-refractivity contribution in [3.05, 3.63) is 34.5 Å². The third-order valence-corrected chi connectivity index (χ3v) is 3.52. The van der Waals surface area contributed by atoms with Crippen LogP contribution in [0.15, 0.2) is 22.6 Å². The average molecular weight is 312 g/mol. The molecule has 0 bridgehead atoms. The molecule has 1 aromatic heterocycles. The van der Waals surface area contributed by atoms with E-state index in [0.29, 0.717) is 10.6 Å². The number of hydrogen-bond acceptors (Lipinski definition) is 4. The van der Waals surface area contributed by atoms with Crippen LogP contribution < -0.4 is 0 Å². The van der Waals surface area contributed by atoms with Crippen molar-refractivity contribution >= 4 is 28.5 Å². The summed E-state index contributed by atoms with van der Waals surface area (Å²) in [5.41, 5.74) is 1.36. The van der Waals surface area contributed by atoms with E-state index in [1.54, 1.807) is 25.2 Å². The van der Waals surface area contributed by atoms with Gasteiger partial charge in [0.15, 0.2) is 5.76 Å². The predicted octanol–water partition coefficient (Wildman–Crippen LogP) is 2.47. The highest BCUT2D eigenvalue weighted by molar-refractivity contribution is 6.31. The van der Waals surface area contributed by atoms with Crippen LogP contribution in [0.1, 0.15) is 16.1 Å². The summed E-state index contributed by atoms with van der Waals surface area (Å²) in [6.07, 6.45) is -0.733. The molecule has 2 aromatic rings. The first-order chi connectivity index (χ1) is 9.93. The number of aliphatic hydroxyl groups is 1. The van der Waals surface area contributed by atoms with E-state index < -0.39 is 6.10 Å². The van der Waals surface area contributed by atoms with E-state index in [1.165, 1.54) is 12.0 Å². The van der Waals surface area contributed by atoms with Gasteiger partial charge in [-0.15, -0.1) is 0 Å². The zero-order valence-corrected chi connectivity index (χ0v) is 13.0.